The van der Waals surface area contributed by atoms with Gasteiger partial charge < -0.3 is 15.1 Å². The number of nitrogens with zero attached hydrogens (tertiary/aromatic N) is 3. The van der Waals surface area contributed by atoms with Crippen LogP contribution in [0.25, 0.3) is 0 Å². The number of aliphatic hydroxyl groups is 2. The summed E-state index contributed by atoms with van der Waals surface area (Å²) in [6, 6.07) is 0. The van der Waals surface area contributed by atoms with Gasteiger partial charge in [0.2, 0.25) is 0 Å². The second-order valence-electron chi connectivity index (χ2n) is 3.44. The van der Waals surface area contributed by atoms with Gasteiger partial charge >= 0.3 is 0 Å². The molecule has 0 amide bonds. The van der Waals surface area contributed by atoms with E-state index in [-0.39, 0.29) is 13.2 Å². The van der Waals surface area contributed by atoms with Crippen LogP contribution in [0.2, 0.25) is 5.15 Å². The highest BCUT2D eigenvalue weighted by molar-refractivity contribution is 6.30. The zero-order valence-electron chi connectivity index (χ0n) is 9.44. The van der Waals surface area contributed by atoms with Crippen molar-refractivity contribution in [2.45, 2.75) is 13.8 Å². The van der Waals surface area contributed by atoms with E-state index >= 15 is 0 Å². The van der Waals surface area contributed by atoms with Crippen LogP contribution in [0, 0.1) is 13.8 Å². The molecule has 0 spiro atoms. The molecular weight excluding hydrogens is 230 g/mol. The largest absolute Gasteiger partial charge is 0.395 e. The first-order valence-corrected chi connectivity index (χ1v) is 5.45. The van der Waals surface area contributed by atoms with Gasteiger partial charge in [0.05, 0.1) is 13.2 Å². The van der Waals surface area contributed by atoms with Crippen molar-refractivity contribution in [3.63, 3.8) is 0 Å². The summed E-state index contributed by atoms with van der Waals surface area (Å²) in [7, 11) is 0. The van der Waals surface area contributed by atoms with Crippen molar-refractivity contribution in [3.05, 3.63) is 16.5 Å². The van der Waals surface area contributed by atoms with E-state index in [0.717, 1.165) is 5.56 Å². The highest BCUT2D eigenvalue weighted by Gasteiger charge is 2.13. The zero-order valence-corrected chi connectivity index (χ0v) is 10.2. The van der Waals surface area contributed by atoms with E-state index in [0.29, 0.717) is 29.9 Å². The van der Waals surface area contributed by atoms with Gasteiger partial charge in [0.1, 0.15) is 16.8 Å². The monoisotopic (exact) mass is 245 g/mol. The Morgan fingerprint density at radius 3 is 2.19 bits per heavy atom. The number of hydrogen-bond donors (Lipinski definition) is 2. The van der Waals surface area contributed by atoms with Gasteiger partial charge in [0, 0.05) is 18.7 Å². The van der Waals surface area contributed by atoms with Gasteiger partial charge in [-0.2, -0.15) is 0 Å². The third-order valence-electron chi connectivity index (χ3n) is 2.21. The predicted octanol–water partition coefficient (Wildman–Crippen LogP) is 0.538. The number of anilines is 1. The Balaban J connectivity index is 3.07. The second-order valence-corrected chi connectivity index (χ2v) is 3.80. The molecule has 0 fully saturated rings. The summed E-state index contributed by atoms with van der Waals surface area (Å²) in [5.41, 5.74) is 0.758. The highest BCUT2D eigenvalue weighted by Crippen LogP contribution is 2.22. The van der Waals surface area contributed by atoms with Crippen molar-refractivity contribution in [1.82, 2.24) is 9.97 Å². The van der Waals surface area contributed by atoms with Gasteiger partial charge in [-0.3, -0.25) is 0 Å². The topological polar surface area (TPSA) is 69.5 Å². The van der Waals surface area contributed by atoms with Crippen LogP contribution in [-0.2, 0) is 0 Å². The van der Waals surface area contributed by atoms with Crippen LogP contribution >= 0.6 is 11.6 Å². The van der Waals surface area contributed by atoms with Crippen molar-refractivity contribution in [3.8, 4) is 0 Å². The summed E-state index contributed by atoms with van der Waals surface area (Å²) in [5.74, 6) is 1.24. The molecule has 0 saturated carbocycles. The van der Waals surface area contributed by atoms with E-state index in [1.807, 2.05) is 6.92 Å². The average molecular weight is 246 g/mol. The lowest BCUT2D eigenvalue weighted by Crippen LogP contribution is -2.31. The second kappa shape index (κ2) is 5.98. The molecule has 5 nitrogen and oxygen atoms in total. The van der Waals surface area contributed by atoms with Crippen molar-refractivity contribution in [2.75, 3.05) is 31.2 Å². The fourth-order valence-corrected chi connectivity index (χ4v) is 1.66. The quantitative estimate of drug-likeness (QED) is 0.741. The molecule has 2 N–H and O–H groups in total. The van der Waals surface area contributed by atoms with E-state index in [4.69, 9.17) is 21.8 Å². The van der Waals surface area contributed by atoms with Crippen LogP contribution in [0.1, 0.15) is 11.4 Å². The Kier molecular flexibility index (Phi) is 4.92. The minimum Gasteiger partial charge on any atom is -0.395 e. The van der Waals surface area contributed by atoms with Gasteiger partial charge in [0.15, 0.2) is 0 Å². The number of aryl methyl sites for hydroxylation is 1. The molecule has 1 rings (SSSR count). The summed E-state index contributed by atoms with van der Waals surface area (Å²) in [5, 5.41) is 18.3. The predicted molar refractivity (Wildman–Crippen MR) is 62.9 cm³/mol. The molecule has 1 heterocycles. The lowest BCUT2D eigenvalue weighted by molar-refractivity contribution is 0.280. The molecule has 0 radical (unpaired) electrons. The van der Waals surface area contributed by atoms with Gasteiger partial charge in [-0.05, 0) is 13.8 Å². The fourth-order valence-electron chi connectivity index (χ4n) is 1.45. The van der Waals surface area contributed by atoms with Crippen LogP contribution in [0.4, 0.5) is 5.82 Å². The highest BCUT2D eigenvalue weighted by atomic mass is 35.5. The van der Waals surface area contributed by atoms with Crippen LogP contribution in [0.15, 0.2) is 0 Å². The van der Waals surface area contributed by atoms with Gasteiger partial charge in [-0.15, -0.1) is 0 Å². The van der Waals surface area contributed by atoms with E-state index in [9.17, 15) is 0 Å². The molecule has 0 aliphatic carbocycles. The molecule has 6 heteroatoms. The van der Waals surface area contributed by atoms with Crippen molar-refractivity contribution in [2.24, 2.45) is 0 Å². The summed E-state index contributed by atoms with van der Waals surface area (Å²) >= 11 is 5.96. The smallest absolute Gasteiger partial charge is 0.137 e. The molecule has 1 aromatic rings. The first kappa shape index (κ1) is 13.2. The molecule has 0 bridgehead atoms. The SMILES string of the molecule is Cc1nc(Cl)c(C)c(N(CCO)CCO)n1. The molecule has 0 atom stereocenters. The molecule has 0 aliphatic rings. The molecular formula is C10H16ClN3O2. The maximum atomic E-state index is 8.95. The van der Waals surface area contributed by atoms with Crippen LogP contribution < -0.4 is 4.90 Å². The molecule has 0 saturated heterocycles. The van der Waals surface area contributed by atoms with E-state index in [1.165, 1.54) is 0 Å². The number of halogens is 1. The van der Waals surface area contributed by atoms with Gasteiger partial charge in [-0.25, -0.2) is 9.97 Å². The van der Waals surface area contributed by atoms with Crippen LogP contribution in [0.5, 0.6) is 0 Å². The van der Waals surface area contributed by atoms with E-state index in [1.54, 1.807) is 11.8 Å². The molecule has 0 aromatic carbocycles. The minimum absolute atomic E-state index is 0.000109. The summed E-state index contributed by atoms with van der Waals surface area (Å²) < 4.78 is 0. The summed E-state index contributed by atoms with van der Waals surface area (Å²) in [4.78, 5) is 10.1. The van der Waals surface area contributed by atoms with E-state index in [2.05, 4.69) is 9.97 Å². The van der Waals surface area contributed by atoms with Crippen molar-refractivity contribution < 1.29 is 10.2 Å². The Hall–Kier alpha value is -0.910. The first-order chi connectivity index (χ1) is 7.60. The maximum absolute atomic E-state index is 8.95. The van der Waals surface area contributed by atoms with Crippen molar-refractivity contribution in [1.29, 1.82) is 0 Å². The lowest BCUT2D eigenvalue weighted by atomic mass is 10.3. The van der Waals surface area contributed by atoms with Crippen LogP contribution in [-0.4, -0.2) is 46.5 Å². The Morgan fingerprint density at radius 1 is 1.12 bits per heavy atom. The minimum atomic E-state index is 0.000109. The third-order valence-corrected chi connectivity index (χ3v) is 2.58. The Bertz CT molecular complexity index is 354. The normalized spacial score (nSPS) is 10.6. The maximum Gasteiger partial charge on any atom is 0.137 e. The molecule has 1 aromatic heterocycles. The molecule has 90 valence electrons. The summed E-state index contributed by atoms with van der Waals surface area (Å²) in [6.07, 6.45) is 0. The van der Waals surface area contributed by atoms with Gasteiger partial charge in [0.25, 0.3) is 0 Å². The fraction of sp³-hybridized carbons (Fsp3) is 0.600. The molecule has 0 aliphatic heterocycles. The van der Waals surface area contributed by atoms with Crippen LogP contribution in [0.3, 0.4) is 0 Å². The lowest BCUT2D eigenvalue weighted by Gasteiger charge is -2.23. The van der Waals surface area contributed by atoms with E-state index < -0.39 is 0 Å². The van der Waals surface area contributed by atoms with Crippen molar-refractivity contribution >= 4 is 17.4 Å². The molecule has 16 heavy (non-hydrogen) atoms. The number of aromatic nitrogens is 2. The zero-order chi connectivity index (χ0) is 12.1. The Labute approximate surface area is 99.7 Å². The van der Waals surface area contributed by atoms with Gasteiger partial charge in [-0.1, -0.05) is 11.6 Å². The third kappa shape index (κ3) is 3.04. The standard InChI is InChI=1S/C10H16ClN3O2/c1-7-9(11)12-8(2)13-10(7)14(3-5-15)4-6-16/h15-16H,3-6H2,1-2H3. The number of aliphatic hydroxyl groups excluding tert-OH is 2. The summed E-state index contributed by atoms with van der Waals surface area (Å²) in [6.45, 7) is 4.40. The molecule has 0 unspecified atom stereocenters. The average Bonchev–Trinajstić information content (AvgIpc) is 2.23. The number of rotatable bonds is 5. The Morgan fingerprint density at radius 2 is 1.69 bits per heavy atom. The first-order valence-electron chi connectivity index (χ1n) is 5.07. The number of hydrogen-bond acceptors (Lipinski definition) is 5.